The van der Waals surface area contributed by atoms with Crippen molar-refractivity contribution in [1.82, 2.24) is 24.9 Å². The summed E-state index contributed by atoms with van der Waals surface area (Å²) in [6, 6.07) is 1.38. The number of carbonyl (C=O) groups excluding carboxylic acids is 1. The van der Waals surface area contributed by atoms with Crippen LogP contribution >= 0.6 is 11.6 Å². The molecular weight excluding hydrogens is 324 g/mol. The molecule has 0 saturated carbocycles. The van der Waals surface area contributed by atoms with Gasteiger partial charge in [0.25, 0.3) is 0 Å². The number of rotatable bonds is 6. The van der Waals surface area contributed by atoms with Crippen molar-refractivity contribution < 1.29 is 9.72 Å². The van der Waals surface area contributed by atoms with Gasteiger partial charge < -0.3 is 15.4 Å². The first-order valence-electron chi connectivity index (χ1n) is 6.92. The largest absolute Gasteiger partial charge is 0.390 e. The highest BCUT2D eigenvalue weighted by atomic mass is 35.5. The Morgan fingerprint density at radius 1 is 1.57 bits per heavy atom. The average Bonchev–Trinajstić information content (AvgIpc) is 3.00. The summed E-state index contributed by atoms with van der Waals surface area (Å²) in [5, 5.41) is 21.8. The van der Waals surface area contributed by atoms with E-state index in [2.05, 4.69) is 15.5 Å². The third-order valence-electron chi connectivity index (χ3n) is 3.49. The van der Waals surface area contributed by atoms with Crippen LogP contribution in [0.2, 0.25) is 5.02 Å². The monoisotopic (exact) mass is 340 g/mol. The molecule has 2 aromatic rings. The third kappa shape index (κ3) is 3.86. The van der Waals surface area contributed by atoms with Gasteiger partial charge in [-0.25, -0.2) is 0 Å². The Hall–Kier alpha value is -2.42. The molecule has 1 N–H and O–H groups in total. The first-order chi connectivity index (χ1) is 10.8. The normalized spacial score (nSPS) is 12.2. The minimum absolute atomic E-state index is 0.195. The standard InChI is InChI=1S/C13H17ClN6O3/c1-8(7-19-9(2)4-12(17-19)20(22)23)13(21)15-6-11-10(14)5-16-18(11)3/h4-5,8H,6-7H2,1-3H3,(H,15,21). The maximum Gasteiger partial charge on any atom is 0.390 e. The molecule has 10 heteroatoms. The van der Waals surface area contributed by atoms with Crippen molar-refractivity contribution >= 4 is 23.3 Å². The van der Waals surface area contributed by atoms with Crippen LogP contribution in [-0.4, -0.2) is 30.4 Å². The van der Waals surface area contributed by atoms with Gasteiger partial charge in [-0.05, 0) is 11.8 Å². The minimum atomic E-state index is -0.557. The first-order valence-corrected chi connectivity index (χ1v) is 7.30. The van der Waals surface area contributed by atoms with E-state index in [0.29, 0.717) is 16.4 Å². The van der Waals surface area contributed by atoms with Crippen molar-refractivity contribution in [3.8, 4) is 0 Å². The Balaban J connectivity index is 1.96. The van der Waals surface area contributed by atoms with E-state index in [1.807, 2.05) is 0 Å². The summed E-state index contributed by atoms with van der Waals surface area (Å²) in [5.74, 6) is -0.822. The van der Waals surface area contributed by atoms with Gasteiger partial charge in [0.05, 0.1) is 52.8 Å². The van der Waals surface area contributed by atoms with E-state index >= 15 is 0 Å². The number of carbonyl (C=O) groups is 1. The zero-order chi connectivity index (χ0) is 17.1. The van der Waals surface area contributed by atoms with Gasteiger partial charge in [-0.15, -0.1) is 0 Å². The topological polar surface area (TPSA) is 108 Å². The zero-order valence-electron chi connectivity index (χ0n) is 13.0. The second kappa shape index (κ2) is 6.78. The Kier molecular flexibility index (Phi) is 4.99. The lowest BCUT2D eigenvalue weighted by Crippen LogP contribution is -2.32. The zero-order valence-corrected chi connectivity index (χ0v) is 13.7. The van der Waals surface area contributed by atoms with Crippen molar-refractivity contribution in [3.05, 3.63) is 38.8 Å². The number of aromatic nitrogens is 4. The van der Waals surface area contributed by atoms with E-state index in [1.54, 1.807) is 25.6 Å². The van der Waals surface area contributed by atoms with E-state index in [1.165, 1.54) is 16.9 Å². The lowest BCUT2D eigenvalue weighted by atomic mass is 10.1. The van der Waals surface area contributed by atoms with Crippen LogP contribution in [0.3, 0.4) is 0 Å². The molecule has 0 aliphatic carbocycles. The third-order valence-corrected chi connectivity index (χ3v) is 3.81. The highest BCUT2D eigenvalue weighted by molar-refractivity contribution is 6.31. The Labute approximate surface area is 137 Å². The molecule has 1 amide bonds. The van der Waals surface area contributed by atoms with Crippen LogP contribution in [0, 0.1) is 23.0 Å². The molecular formula is C13H17ClN6O3. The number of nitrogens with one attached hydrogen (secondary N) is 1. The second-order valence-corrected chi connectivity index (χ2v) is 5.67. The van der Waals surface area contributed by atoms with Crippen LogP contribution in [0.5, 0.6) is 0 Å². The van der Waals surface area contributed by atoms with Gasteiger partial charge in [0, 0.05) is 7.05 Å². The summed E-state index contributed by atoms with van der Waals surface area (Å²) in [6.45, 7) is 3.95. The van der Waals surface area contributed by atoms with Crippen molar-refractivity contribution in [1.29, 1.82) is 0 Å². The molecule has 124 valence electrons. The number of nitro groups is 1. The molecule has 2 aromatic heterocycles. The lowest BCUT2D eigenvalue weighted by molar-refractivity contribution is -0.389. The number of halogens is 1. The van der Waals surface area contributed by atoms with Crippen molar-refractivity contribution in [3.63, 3.8) is 0 Å². The van der Waals surface area contributed by atoms with Crippen LogP contribution in [0.25, 0.3) is 0 Å². The van der Waals surface area contributed by atoms with Gasteiger partial charge in [-0.3, -0.25) is 9.48 Å². The van der Waals surface area contributed by atoms with Gasteiger partial charge in [0.1, 0.15) is 0 Å². The maximum absolute atomic E-state index is 12.2. The summed E-state index contributed by atoms with van der Waals surface area (Å²) in [6.07, 6.45) is 1.51. The van der Waals surface area contributed by atoms with Gasteiger partial charge in [0.15, 0.2) is 0 Å². The summed E-state index contributed by atoms with van der Waals surface area (Å²) >= 11 is 5.98. The summed E-state index contributed by atoms with van der Waals surface area (Å²) in [4.78, 5) is 22.3. The van der Waals surface area contributed by atoms with Crippen LogP contribution in [0.4, 0.5) is 5.82 Å². The molecule has 23 heavy (non-hydrogen) atoms. The van der Waals surface area contributed by atoms with Crippen LogP contribution in [0.1, 0.15) is 18.3 Å². The molecule has 0 spiro atoms. The van der Waals surface area contributed by atoms with E-state index in [0.717, 1.165) is 0 Å². The SMILES string of the molecule is Cc1cc([N+](=O)[O-])nn1CC(C)C(=O)NCc1c(Cl)cnn1C. The lowest BCUT2D eigenvalue weighted by Gasteiger charge is -2.12. The molecule has 1 unspecified atom stereocenters. The van der Waals surface area contributed by atoms with Gasteiger partial charge in [-0.2, -0.15) is 9.78 Å². The fraction of sp³-hybridized carbons (Fsp3) is 0.462. The van der Waals surface area contributed by atoms with Crippen LogP contribution in [-0.2, 0) is 24.9 Å². The maximum atomic E-state index is 12.2. The van der Waals surface area contributed by atoms with Gasteiger partial charge in [0.2, 0.25) is 5.91 Å². The number of hydrogen-bond donors (Lipinski definition) is 1. The molecule has 0 bridgehead atoms. The molecule has 1 atom stereocenters. The minimum Gasteiger partial charge on any atom is -0.358 e. The molecule has 0 fully saturated rings. The Morgan fingerprint density at radius 3 is 2.78 bits per heavy atom. The second-order valence-electron chi connectivity index (χ2n) is 5.26. The summed E-state index contributed by atoms with van der Waals surface area (Å²) in [7, 11) is 1.74. The summed E-state index contributed by atoms with van der Waals surface area (Å²) < 4.78 is 3.05. The quantitative estimate of drug-likeness (QED) is 0.632. The molecule has 9 nitrogen and oxygen atoms in total. The predicted octanol–water partition coefficient (Wildman–Crippen LogP) is 1.44. The van der Waals surface area contributed by atoms with Gasteiger partial charge >= 0.3 is 5.82 Å². The van der Waals surface area contributed by atoms with E-state index in [9.17, 15) is 14.9 Å². The highest BCUT2D eigenvalue weighted by Crippen LogP contribution is 2.15. The number of aryl methyl sites for hydroxylation is 2. The number of hydrogen-bond acceptors (Lipinski definition) is 5. The Morgan fingerprint density at radius 2 is 2.26 bits per heavy atom. The van der Waals surface area contributed by atoms with E-state index in [-0.39, 0.29) is 24.8 Å². The Bertz CT molecular complexity index is 719. The molecule has 2 heterocycles. The van der Waals surface area contributed by atoms with E-state index in [4.69, 9.17) is 11.6 Å². The summed E-state index contributed by atoms with van der Waals surface area (Å²) in [5.41, 5.74) is 1.34. The molecule has 2 rings (SSSR count). The van der Waals surface area contributed by atoms with E-state index < -0.39 is 10.8 Å². The van der Waals surface area contributed by atoms with Crippen molar-refractivity contribution in [2.24, 2.45) is 13.0 Å². The smallest absolute Gasteiger partial charge is 0.358 e. The van der Waals surface area contributed by atoms with Crippen LogP contribution in [0.15, 0.2) is 12.3 Å². The molecule has 0 aliphatic rings. The number of amides is 1. The van der Waals surface area contributed by atoms with Crippen LogP contribution < -0.4 is 5.32 Å². The molecule has 0 radical (unpaired) electrons. The highest BCUT2D eigenvalue weighted by Gasteiger charge is 2.21. The van der Waals surface area contributed by atoms with Crippen molar-refractivity contribution in [2.75, 3.05) is 0 Å². The number of nitrogens with zero attached hydrogens (tertiary/aromatic N) is 5. The predicted molar refractivity (Wildman–Crippen MR) is 82.8 cm³/mol. The first kappa shape index (κ1) is 16.9. The molecule has 0 aliphatic heterocycles. The van der Waals surface area contributed by atoms with Gasteiger partial charge in [-0.1, -0.05) is 18.5 Å². The molecule has 0 aromatic carbocycles. The fourth-order valence-corrected chi connectivity index (χ4v) is 2.32. The van der Waals surface area contributed by atoms with Crippen molar-refractivity contribution in [2.45, 2.75) is 26.9 Å². The molecule has 0 saturated heterocycles. The average molecular weight is 341 g/mol. The fourth-order valence-electron chi connectivity index (χ4n) is 2.09.